The normalized spacial score (nSPS) is 10.3. The van der Waals surface area contributed by atoms with E-state index in [1.807, 2.05) is 12.1 Å². The molecule has 0 aliphatic heterocycles. The standard InChI is InChI=1S/C12H9BrClN/c1-8-6-10(13)3-4-11(8)9-2-5-12(14)15-7-9/h2-7H,1H3. The summed E-state index contributed by atoms with van der Waals surface area (Å²) in [7, 11) is 0. The highest BCUT2D eigenvalue weighted by Gasteiger charge is 2.02. The van der Waals surface area contributed by atoms with E-state index in [0.29, 0.717) is 5.15 Å². The molecule has 1 heterocycles. The predicted molar refractivity (Wildman–Crippen MR) is 67.1 cm³/mol. The maximum Gasteiger partial charge on any atom is 0.129 e. The maximum atomic E-state index is 5.75. The van der Waals surface area contributed by atoms with Gasteiger partial charge in [-0.15, -0.1) is 0 Å². The topological polar surface area (TPSA) is 12.9 Å². The van der Waals surface area contributed by atoms with Gasteiger partial charge in [-0.3, -0.25) is 0 Å². The van der Waals surface area contributed by atoms with Crippen LogP contribution in [-0.4, -0.2) is 4.98 Å². The van der Waals surface area contributed by atoms with Gasteiger partial charge in [-0.2, -0.15) is 0 Å². The third kappa shape index (κ3) is 2.39. The SMILES string of the molecule is Cc1cc(Br)ccc1-c1ccc(Cl)nc1. The predicted octanol–water partition coefficient (Wildman–Crippen LogP) is 4.47. The van der Waals surface area contributed by atoms with Crippen molar-refractivity contribution in [3.63, 3.8) is 0 Å². The molecule has 1 nitrogen and oxygen atoms in total. The first-order valence-corrected chi connectivity index (χ1v) is 5.72. The molecule has 0 fully saturated rings. The average molecular weight is 283 g/mol. The molecule has 0 aliphatic rings. The Morgan fingerprint density at radius 3 is 2.60 bits per heavy atom. The molecule has 0 bridgehead atoms. The van der Waals surface area contributed by atoms with Crippen LogP contribution in [0, 0.1) is 6.92 Å². The van der Waals surface area contributed by atoms with E-state index >= 15 is 0 Å². The molecule has 0 unspecified atom stereocenters. The maximum absolute atomic E-state index is 5.75. The molecule has 0 saturated carbocycles. The van der Waals surface area contributed by atoms with Crippen LogP contribution in [0.3, 0.4) is 0 Å². The molecule has 15 heavy (non-hydrogen) atoms. The van der Waals surface area contributed by atoms with E-state index < -0.39 is 0 Å². The molecule has 0 amide bonds. The zero-order chi connectivity index (χ0) is 10.8. The van der Waals surface area contributed by atoms with Crippen LogP contribution in [0.4, 0.5) is 0 Å². The summed E-state index contributed by atoms with van der Waals surface area (Å²) in [6, 6.07) is 9.97. The quantitative estimate of drug-likeness (QED) is 0.703. The Kier molecular flexibility index (Phi) is 3.08. The van der Waals surface area contributed by atoms with Gasteiger partial charge < -0.3 is 0 Å². The first kappa shape index (κ1) is 10.7. The average Bonchev–Trinajstić information content (AvgIpc) is 2.20. The number of rotatable bonds is 1. The summed E-state index contributed by atoms with van der Waals surface area (Å²) < 4.78 is 1.09. The summed E-state index contributed by atoms with van der Waals surface area (Å²) in [4.78, 5) is 4.07. The first-order valence-electron chi connectivity index (χ1n) is 4.55. The molecule has 0 N–H and O–H groups in total. The second-order valence-electron chi connectivity index (χ2n) is 3.33. The molecule has 0 aliphatic carbocycles. The minimum Gasteiger partial charge on any atom is -0.244 e. The van der Waals surface area contributed by atoms with Gasteiger partial charge in [-0.25, -0.2) is 4.98 Å². The number of benzene rings is 1. The Hall–Kier alpha value is -0.860. The van der Waals surface area contributed by atoms with Crippen LogP contribution < -0.4 is 0 Å². The van der Waals surface area contributed by atoms with E-state index in [-0.39, 0.29) is 0 Å². The monoisotopic (exact) mass is 281 g/mol. The van der Waals surface area contributed by atoms with Crippen LogP contribution in [0.2, 0.25) is 5.15 Å². The van der Waals surface area contributed by atoms with Crippen LogP contribution in [0.25, 0.3) is 11.1 Å². The van der Waals surface area contributed by atoms with Crippen molar-refractivity contribution in [1.29, 1.82) is 0 Å². The summed E-state index contributed by atoms with van der Waals surface area (Å²) >= 11 is 9.19. The molecule has 0 radical (unpaired) electrons. The molecular weight excluding hydrogens is 273 g/mol. The highest BCUT2D eigenvalue weighted by atomic mass is 79.9. The van der Waals surface area contributed by atoms with E-state index in [1.54, 1.807) is 12.3 Å². The van der Waals surface area contributed by atoms with Crippen LogP contribution >= 0.6 is 27.5 Å². The molecule has 2 rings (SSSR count). The van der Waals surface area contributed by atoms with Gasteiger partial charge in [0.25, 0.3) is 0 Å². The van der Waals surface area contributed by atoms with Crippen LogP contribution in [0.15, 0.2) is 41.0 Å². The highest BCUT2D eigenvalue weighted by Crippen LogP contribution is 2.26. The van der Waals surface area contributed by atoms with Gasteiger partial charge in [0.1, 0.15) is 5.15 Å². The van der Waals surface area contributed by atoms with Crippen molar-refractivity contribution in [3.8, 4) is 11.1 Å². The number of aryl methyl sites for hydroxylation is 1. The number of aromatic nitrogens is 1. The van der Waals surface area contributed by atoms with Gasteiger partial charge in [0.05, 0.1) is 0 Å². The van der Waals surface area contributed by atoms with Crippen molar-refractivity contribution in [2.45, 2.75) is 6.92 Å². The van der Waals surface area contributed by atoms with Crippen molar-refractivity contribution in [1.82, 2.24) is 4.98 Å². The van der Waals surface area contributed by atoms with Crippen LogP contribution in [0.1, 0.15) is 5.56 Å². The smallest absolute Gasteiger partial charge is 0.129 e. The molecule has 0 atom stereocenters. The molecule has 1 aromatic heterocycles. The Balaban J connectivity index is 2.49. The fraction of sp³-hybridized carbons (Fsp3) is 0.0833. The summed E-state index contributed by atoms with van der Waals surface area (Å²) in [5.41, 5.74) is 3.49. The van der Waals surface area contributed by atoms with Crippen LogP contribution in [0.5, 0.6) is 0 Å². The van der Waals surface area contributed by atoms with E-state index in [1.165, 1.54) is 11.1 Å². The van der Waals surface area contributed by atoms with Crippen LogP contribution in [-0.2, 0) is 0 Å². The van der Waals surface area contributed by atoms with Gasteiger partial charge in [-0.05, 0) is 42.3 Å². The summed E-state index contributed by atoms with van der Waals surface area (Å²) in [6.07, 6.45) is 1.79. The van der Waals surface area contributed by atoms with Gasteiger partial charge in [0.15, 0.2) is 0 Å². The number of nitrogens with zero attached hydrogens (tertiary/aromatic N) is 1. The molecule has 76 valence electrons. The lowest BCUT2D eigenvalue weighted by Crippen LogP contribution is -1.84. The lowest BCUT2D eigenvalue weighted by Gasteiger charge is -2.05. The summed E-state index contributed by atoms with van der Waals surface area (Å²) in [6.45, 7) is 2.08. The minimum atomic E-state index is 0.522. The lowest BCUT2D eigenvalue weighted by atomic mass is 10.0. The van der Waals surface area contributed by atoms with Crippen molar-refractivity contribution >= 4 is 27.5 Å². The van der Waals surface area contributed by atoms with Crippen molar-refractivity contribution in [3.05, 3.63) is 51.7 Å². The fourth-order valence-corrected chi connectivity index (χ4v) is 2.07. The molecule has 0 spiro atoms. The van der Waals surface area contributed by atoms with Gasteiger partial charge in [0.2, 0.25) is 0 Å². The Bertz CT molecular complexity index is 479. The lowest BCUT2D eigenvalue weighted by molar-refractivity contribution is 1.32. The summed E-state index contributed by atoms with van der Waals surface area (Å²) in [5, 5.41) is 0.522. The van der Waals surface area contributed by atoms with E-state index in [9.17, 15) is 0 Å². The fourth-order valence-electron chi connectivity index (χ4n) is 1.49. The van der Waals surface area contributed by atoms with Crippen molar-refractivity contribution in [2.75, 3.05) is 0 Å². The van der Waals surface area contributed by atoms with E-state index in [4.69, 9.17) is 11.6 Å². The zero-order valence-corrected chi connectivity index (χ0v) is 10.5. The Labute approximate surface area is 102 Å². The van der Waals surface area contributed by atoms with Gasteiger partial charge in [-0.1, -0.05) is 33.6 Å². The highest BCUT2D eigenvalue weighted by molar-refractivity contribution is 9.10. The van der Waals surface area contributed by atoms with E-state index in [2.05, 4.69) is 40.0 Å². The van der Waals surface area contributed by atoms with Crippen molar-refractivity contribution in [2.24, 2.45) is 0 Å². The second kappa shape index (κ2) is 4.33. The largest absolute Gasteiger partial charge is 0.244 e. The number of hydrogen-bond acceptors (Lipinski definition) is 1. The Morgan fingerprint density at radius 1 is 1.20 bits per heavy atom. The number of halogens is 2. The minimum absolute atomic E-state index is 0.522. The molecule has 1 aromatic carbocycles. The zero-order valence-electron chi connectivity index (χ0n) is 8.17. The molecule has 0 saturated heterocycles. The number of hydrogen-bond donors (Lipinski definition) is 0. The molecule has 2 aromatic rings. The summed E-state index contributed by atoms with van der Waals surface area (Å²) in [5.74, 6) is 0. The van der Waals surface area contributed by atoms with Gasteiger partial charge in [0, 0.05) is 16.2 Å². The number of pyridine rings is 1. The molecular formula is C12H9BrClN. The Morgan fingerprint density at radius 2 is 2.00 bits per heavy atom. The second-order valence-corrected chi connectivity index (χ2v) is 4.63. The van der Waals surface area contributed by atoms with Gasteiger partial charge >= 0.3 is 0 Å². The van der Waals surface area contributed by atoms with Crippen molar-refractivity contribution < 1.29 is 0 Å². The first-order chi connectivity index (χ1) is 7.16. The van der Waals surface area contributed by atoms with E-state index in [0.717, 1.165) is 10.0 Å². The third-order valence-corrected chi connectivity index (χ3v) is 2.94. The molecule has 3 heteroatoms. The third-order valence-electron chi connectivity index (χ3n) is 2.23.